The number of rotatable bonds is 4. The molecule has 2 rings (SSSR count). The number of aromatic nitrogens is 4. The van der Waals surface area contributed by atoms with Crippen LogP contribution in [0.3, 0.4) is 0 Å². The van der Waals surface area contributed by atoms with Gasteiger partial charge in [-0.25, -0.2) is 0 Å². The van der Waals surface area contributed by atoms with Crippen LogP contribution in [0, 0.1) is 0 Å². The molecule has 0 aliphatic heterocycles. The molecule has 0 amide bonds. The van der Waals surface area contributed by atoms with Crippen molar-refractivity contribution in [3.63, 3.8) is 0 Å². The summed E-state index contributed by atoms with van der Waals surface area (Å²) in [6.45, 7) is 1.55. The van der Waals surface area contributed by atoms with Crippen molar-refractivity contribution in [2.24, 2.45) is 7.05 Å². The van der Waals surface area contributed by atoms with Crippen molar-refractivity contribution in [3.8, 4) is 0 Å². The molecular formula is C8H11N5S. The van der Waals surface area contributed by atoms with E-state index in [4.69, 9.17) is 0 Å². The first kappa shape index (κ1) is 9.29. The van der Waals surface area contributed by atoms with Gasteiger partial charge in [-0.3, -0.25) is 4.68 Å². The lowest BCUT2D eigenvalue weighted by molar-refractivity contribution is 0.619. The Bertz CT molecular complexity index is 380. The molecule has 0 aliphatic carbocycles. The van der Waals surface area contributed by atoms with E-state index in [9.17, 15) is 0 Å². The van der Waals surface area contributed by atoms with Gasteiger partial charge in [-0.2, -0.15) is 5.10 Å². The quantitative estimate of drug-likeness (QED) is 0.799. The van der Waals surface area contributed by atoms with Gasteiger partial charge in [-0.1, -0.05) is 4.49 Å². The summed E-state index contributed by atoms with van der Waals surface area (Å²) in [6.07, 6.45) is 1.79. The van der Waals surface area contributed by atoms with Crippen molar-refractivity contribution in [1.82, 2.24) is 24.7 Å². The van der Waals surface area contributed by atoms with Crippen LogP contribution in [0.15, 0.2) is 17.6 Å². The maximum absolute atomic E-state index is 4.08. The molecule has 14 heavy (non-hydrogen) atoms. The fraction of sp³-hybridized carbons (Fsp3) is 0.375. The highest BCUT2D eigenvalue weighted by atomic mass is 32.1. The van der Waals surface area contributed by atoms with Crippen molar-refractivity contribution >= 4 is 11.5 Å². The lowest BCUT2D eigenvalue weighted by Crippen LogP contribution is -2.15. The van der Waals surface area contributed by atoms with Gasteiger partial charge in [0.2, 0.25) is 0 Å². The van der Waals surface area contributed by atoms with E-state index in [0.717, 1.165) is 24.5 Å². The molecule has 5 nitrogen and oxygen atoms in total. The van der Waals surface area contributed by atoms with Gasteiger partial charge in [0.15, 0.2) is 0 Å². The van der Waals surface area contributed by atoms with Crippen molar-refractivity contribution < 1.29 is 0 Å². The summed E-state index contributed by atoms with van der Waals surface area (Å²) in [5.74, 6) is 0. The molecule has 1 N–H and O–H groups in total. The lowest BCUT2D eigenvalue weighted by atomic mass is 10.4. The second-order valence-electron chi connectivity index (χ2n) is 2.95. The molecule has 0 bridgehead atoms. The molecule has 0 unspecified atom stereocenters. The van der Waals surface area contributed by atoms with E-state index in [1.807, 2.05) is 23.2 Å². The standard InChI is InChI=1S/C8H11N5S/c1-13-8(2-3-10-13)5-9-4-7-6-14-12-11-7/h2-3,6,9H,4-5H2,1H3. The van der Waals surface area contributed by atoms with E-state index in [1.54, 1.807) is 6.20 Å². The monoisotopic (exact) mass is 209 g/mol. The Labute approximate surface area is 85.9 Å². The molecule has 0 spiro atoms. The Kier molecular flexibility index (Phi) is 2.85. The van der Waals surface area contributed by atoms with Crippen LogP contribution in [0.4, 0.5) is 0 Å². The van der Waals surface area contributed by atoms with Gasteiger partial charge >= 0.3 is 0 Å². The predicted octanol–water partition coefficient (Wildman–Crippen LogP) is 0.561. The lowest BCUT2D eigenvalue weighted by Gasteiger charge is -2.02. The highest BCUT2D eigenvalue weighted by Gasteiger charge is 1.99. The second kappa shape index (κ2) is 4.30. The van der Waals surface area contributed by atoms with E-state index in [0.29, 0.717) is 0 Å². The predicted molar refractivity (Wildman–Crippen MR) is 53.7 cm³/mol. The summed E-state index contributed by atoms with van der Waals surface area (Å²) in [6, 6.07) is 1.99. The summed E-state index contributed by atoms with van der Waals surface area (Å²) in [7, 11) is 1.93. The molecule has 0 aliphatic rings. The van der Waals surface area contributed by atoms with Crippen LogP contribution in [0.1, 0.15) is 11.4 Å². The Balaban J connectivity index is 1.81. The number of hydrogen-bond donors (Lipinski definition) is 1. The Hall–Kier alpha value is -1.27. The van der Waals surface area contributed by atoms with E-state index in [-0.39, 0.29) is 0 Å². The molecule has 2 aromatic rings. The van der Waals surface area contributed by atoms with Crippen LogP contribution in [-0.4, -0.2) is 19.4 Å². The summed E-state index contributed by atoms with van der Waals surface area (Å²) in [5, 5.41) is 13.2. The summed E-state index contributed by atoms with van der Waals surface area (Å²) in [5.41, 5.74) is 2.14. The first-order chi connectivity index (χ1) is 6.86. The van der Waals surface area contributed by atoms with Crippen LogP contribution >= 0.6 is 11.5 Å². The largest absolute Gasteiger partial charge is 0.305 e. The van der Waals surface area contributed by atoms with Crippen molar-refractivity contribution in [2.45, 2.75) is 13.1 Å². The highest BCUT2D eigenvalue weighted by molar-refractivity contribution is 7.03. The van der Waals surface area contributed by atoms with Gasteiger partial charge in [0.1, 0.15) is 0 Å². The second-order valence-corrected chi connectivity index (χ2v) is 3.56. The first-order valence-corrected chi connectivity index (χ1v) is 5.13. The molecule has 0 fully saturated rings. The third kappa shape index (κ3) is 2.15. The van der Waals surface area contributed by atoms with Gasteiger partial charge in [0, 0.05) is 31.7 Å². The molecular weight excluding hydrogens is 198 g/mol. The minimum atomic E-state index is 0.752. The SMILES string of the molecule is Cn1nccc1CNCc1csnn1. The molecule has 2 aromatic heterocycles. The topological polar surface area (TPSA) is 55.6 Å². The molecule has 0 saturated carbocycles. The van der Waals surface area contributed by atoms with Crippen LogP contribution in [0.5, 0.6) is 0 Å². The molecule has 74 valence electrons. The highest BCUT2D eigenvalue weighted by Crippen LogP contribution is 1.98. The van der Waals surface area contributed by atoms with Crippen LogP contribution < -0.4 is 5.32 Å². The maximum atomic E-state index is 4.08. The third-order valence-corrected chi connectivity index (χ3v) is 2.49. The average Bonchev–Trinajstić information content (AvgIpc) is 2.78. The molecule has 6 heteroatoms. The normalized spacial score (nSPS) is 10.6. The Morgan fingerprint density at radius 3 is 3.07 bits per heavy atom. The summed E-state index contributed by atoms with van der Waals surface area (Å²) >= 11 is 1.37. The van der Waals surface area contributed by atoms with Crippen molar-refractivity contribution in [2.75, 3.05) is 0 Å². The fourth-order valence-electron chi connectivity index (χ4n) is 1.15. The first-order valence-electron chi connectivity index (χ1n) is 4.30. The Morgan fingerprint density at radius 1 is 1.50 bits per heavy atom. The Morgan fingerprint density at radius 2 is 2.43 bits per heavy atom. The zero-order valence-electron chi connectivity index (χ0n) is 7.84. The van der Waals surface area contributed by atoms with E-state index in [2.05, 4.69) is 20.0 Å². The van der Waals surface area contributed by atoms with Crippen LogP contribution in [0.25, 0.3) is 0 Å². The number of nitrogens with one attached hydrogen (secondary N) is 1. The van der Waals surface area contributed by atoms with Gasteiger partial charge < -0.3 is 5.32 Å². The fourth-order valence-corrected chi connectivity index (χ4v) is 1.61. The maximum Gasteiger partial charge on any atom is 0.0893 e. The molecule has 0 aromatic carbocycles. The zero-order chi connectivity index (χ0) is 9.80. The van der Waals surface area contributed by atoms with Crippen LogP contribution in [0.2, 0.25) is 0 Å². The smallest absolute Gasteiger partial charge is 0.0893 e. The van der Waals surface area contributed by atoms with Crippen molar-refractivity contribution in [3.05, 3.63) is 29.0 Å². The number of aryl methyl sites for hydroxylation is 1. The molecule has 0 saturated heterocycles. The minimum absolute atomic E-state index is 0.752. The molecule has 2 heterocycles. The summed E-state index contributed by atoms with van der Waals surface area (Å²) < 4.78 is 5.64. The van der Waals surface area contributed by atoms with E-state index in [1.165, 1.54) is 11.5 Å². The van der Waals surface area contributed by atoms with Gasteiger partial charge in [0.25, 0.3) is 0 Å². The third-order valence-electron chi connectivity index (χ3n) is 1.94. The van der Waals surface area contributed by atoms with Crippen molar-refractivity contribution in [1.29, 1.82) is 0 Å². The van der Waals surface area contributed by atoms with Gasteiger partial charge in [0.05, 0.1) is 11.4 Å². The minimum Gasteiger partial charge on any atom is -0.305 e. The number of hydrogen-bond acceptors (Lipinski definition) is 5. The molecule has 0 radical (unpaired) electrons. The van der Waals surface area contributed by atoms with E-state index >= 15 is 0 Å². The van der Waals surface area contributed by atoms with E-state index < -0.39 is 0 Å². The zero-order valence-corrected chi connectivity index (χ0v) is 8.66. The van der Waals surface area contributed by atoms with Gasteiger partial charge in [-0.15, -0.1) is 5.10 Å². The molecule has 0 atom stereocenters. The van der Waals surface area contributed by atoms with Crippen LogP contribution in [-0.2, 0) is 20.1 Å². The summed E-state index contributed by atoms with van der Waals surface area (Å²) in [4.78, 5) is 0. The number of nitrogens with zero attached hydrogens (tertiary/aromatic N) is 4. The average molecular weight is 209 g/mol. The van der Waals surface area contributed by atoms with Gasteiger partial charge in [-0.05, 0) is 17.6 Å².